The molecule has 0 saturated heterocycles. The van der Waals surface area contributed by atoms with Gasteiger partial charge in [0.25, 0.3) is 0 Å². The average molecular weight is 520 g/mol. The van der Waals surface area contributed by atoms with Gasteiger partial charge in [-0.2, -0.15) is 5.10 Å². The van der Waals surface area contributed by atoms with Gasteiger partial charge in [-0.3, -0.25) is 0 Å². The third kappa shape index (κ3) is 6.60. The van der Waals surface area contributed by atoms with Gasteiger partial charge in [0, 0.05) is 12.6 Å². The largest absolute Gasteiger partial charge is 0.494 e. The van der Waals surface area contributed by atoms with Gasteiger partial charge < -0.3 is 14.2 Å². The molecule has 0 aliphatic carbocycles. The van der Waals surface area contributed by atoms with Crippen molar-refractivity contribution in [3.05, 3.63) is 47.8 Å². The Hall–Kier alpha value is -3.47. The second-order valence-electron chi connectivity index (χ2n) is 9.52. The molecule has 9 nitrogen and oxygen atoms in total. The fourth-order valence-electron chi connectivity index (χ4n) is 3.29. The minimum Gasteiger partial charge on any atom is -0.494 e. The first kappa shape index (κ1) is 27.1. The maximum Gasteiger partial charge on any atom is 0.344 e. The predicted octanol–water partition coefficient (Wildman–Crippen LogP) is 4.32. The number of sulfone groups is 1. The number of halogens is 1. The average Bonchev–Trinajstić information content (AvgIpc) is 3.04. The second-order valence-corrected chi connectivity index (χ2v) is 11.3. The zero-order valence-electron chi connectivity index (χ0n) is 21.1. The topological polar surface area (TPSA) is 107 Å². The van der Waals surface area contributed by atoms with Crippen molar-refractivity contribution in [3.63, 3.8) is 0 Å². The van der Waals surface area contributed by atoms with Crippen molar-refractivity contribution in [2.24, 2.45) is 16.0 Å². The zero-order chi connectivity index (χ0) is 26.7. The molecular formula is C25H30FN3O6S. The maximum atomic E-state index is 13.7. The smallest absolute Gasteiger partial charge is 0.344 e. The van der Waals surface area contributed by atoms with Gasteiger partial charge in [0.05, 0.1) is 19.0 Å². The molecule has 0 spiro atoms. The van der Waals surface area contributed by atoms with Crippen molar-refractivity contribution < 1.29 is 31.8 Å². The first-order valence-electron chi connectivity index (χ1n) is 11.3. The summed E-state index contributed by atoms with van der Waals surface area (Å²) in [6.07, 6.45) is 1.42. The number of benzene rings is 2. The summed E-state index contributed by atoms with van der Waals surface area (Å²) in [7, 11) is -2.60. The first-order chi connectivity index (χ1) is 16.8. The fourth-order valence-corrected chi connectivity index (χ4v) is 4.73. The number of carbonyl (C=O) groups is 1. The standard InChI is InChI=1S/C25H30FN3O6S/c1-16(2)14-29(27-13-17-7-9-19(26)21(11-17)33-6)24-28-20-12-18(8-10-22(20)36(24,31)32)34-15-23(30)35-25(3,4)5/h7-13,16H,14-15H2,1-6H3/b27-13+. The Balaban J connectivity index is 1.87. The molecule has 0 atom stereocenters. The lowest BCUT2D eigenvalue weighted by atomic mass is 10.2. The van der Waals surface area contributed by atoms with E-state index in [2.05, 4.69) is 10.1 Å². The number of rotatable bonds is 8. The number of ether oxygens (including phenoxy) is 3. The SMILES string of the molecule is COc1cc(/C=N/N(CC(C)C)C2=Nc3cc(OCC(=O)OC(C)(C)C)ccc3S2(=O)=O)ccc1F. The van der Waals surface area contributed by atoms with Crippen molar-refractivity contribution in [1.29, 1.82) is 0 Å². The molecule has 0 bridgehead atoms. The number of hydrogen-bond donors (Lipinski definition) is 0. The number of esters is 1. The molecule has 11 heteroatoms. The first-order valence-corrected chi connectivity index (χ1v) is 12.8. The number of hydrazone groups is 1. The van der Waals surface area contributed by atoms with Gasteiger partial charge in [-0.25, -0.2) is 27.6 Å². The Morgan fingerprint density at radius 3 is 2.56 bits per heavy atom. The van der Waals surface area contributed by atoms with Gasteiger partial charge in [0.2, 0.25) is 15.0 Å². The van der Waals surface area contributed by atoms with Crippen molar-refractivity contribution in [2.75, 3.05) is 20.3 Å². The lowest BCUT2D eigenvalue weighted by molar-refractivity contribution is -0.157. The number of methoxy groups -OCH3 is 1. The van der Waals surface area contributed by atoms with Crippen molar-refractivity contribution >= 4 is 32.9 Å². The van der Waals surface area contributed by atoms with Crippen molar-refractivity contribution in [3.8, 4) is 11.5 Å². The molecule has 0 amide bonds. The van der Waals surface area contributed by atoms with Gasteiger partial charge in [-0.05, 0) is 56.5 Å². The summed E-state index contributed by atoms with van der Waals surface area (Å²) >= 11 is 0. The van der Waals surface area contributed by atoms with Crippen LogP contribution >= 0.6 is 0 Å². The van der Waals surface area contributed by atoms with Crippen LogP contribution in [0.15, 0.2) is 51.4 Å². The monoisotopic (exact) mass is 519 g/mol. The van der Waals surface area contributed by atoms with Gasteiger partial charge in [0.15, 0.2) is 18.2 Å². The Morgan fingerprint density at radius 2 is 1.92 bits per heavy atom. The third-order valence-corrected chi connectivity index (χ3v) is 6.44. The molecule has 0 unspecified atom stereocenters. The van der Waals surface area contributed by atoms with E-state index in [9.17, 15) is 17.6 Å². The molecule has 36 heavy (non-hydrogen) atoms. The molecule has 2 aromatic rings. The normalized spacial score (nSPS) is 14.5. The van der Waals surface area contributed by atoms with Gasteiger partial charge >= 0.3 is 5.97 Å². The Labute approximate surface area is 210 Å². The van der Waals surface area contributed by atoms with Gasteiger partial charge in [0.1, 0.15) is 16.2 Å². The molecule has 0 fully saturated rings. The lowest BCUT2D eigenvalue weighted by Gasteiger charge is -2.20. The summed E-state index contributed by atoms with van der Waals surface area (Å²) in [5.41, 5.74) is 0.0536. The second kappa shape index (κ2) is 10.7. The fraction of sp³-hybridized carbons (Fsp3) is 0.400. The van der Waals surface area contributed by atoms with Crippen LogP contribution in [0.3, 0.4) is 0 Å². The van der Waals surface area contributed by atoms with Crippen LogP contribution in [0.2, 0.25) is 0 Å². The van der Waals surface area contributed by atoms with E-state index in [-0.39, 0.29) is 46.3 Å². The number of fused-ring (bicyclic) bond motifs is 1. The molecule has 194 valence electrons. The van der Waals surface area contributed by atoms with Crippen LogP contribution in [0, 0.1) is 11.7 Å². The van der Waals surface area contributed by atoms with E-state index < -0.39 is 27.2 Å². The van der Waals surface area contributed by atoms with Gasteiger partial charge in [-0.1, -0.05) is 19.9 Å². The molecule has 0 aromatic heterocycles. The van der Waals surface area contributed by atoms with Crippen LogP contribution in [-0.2, 0) is 19.4 Å². The molecule has 0 radical (unpaired) electrons. The summed E-state index contributed by atoms with van der Waals surface area (Å²) < 4.78 is 56.0. The number of carbonyl (C=O) groups excluding carboxylic acids is 1. The van der Waals surface area contributed by atoms with Crippen molar-refractivity contribution in [2.45, 2.75) is 45.1 Å². The molecule has 1 aliphatic heterocycles. The summed E-state index contributed by atoms with van der Waals surface area (Å²) in [6, 6.07) is 8.49. The summed E-state index contributed by atoms with van der Waals surface area (Å²) in [5.74, 6) is -0.686. The Morgan fingerprint density at radius 1 is 1.19 bits per heavy atom. The van der Waals surface area contributed by atoms with Crippen molar-refractivity contribution in [1.82, 2.24) is 5.01 Å². The van der Waals surface area contributed by atoms with E-state index in [1.165, 1.54) is 54.7 Å². The molecule has 3 rings (SSSR count). The maximum absolute atomic E-state index is 13.7. The van der Waals surface area contributed by atoms with E-state index in [4.69, 9.17) is 14.2 Å². The van der Waals surface area contributed by atoms with Gasteiger partial charge in [-0.15, -0.1) is 0 Å². The van der Waals surface area contributed by atoms with Crippen LogP contribution in [0.5, 0.6) is 11.5 Å². The Kier molecular flexibility index (Phi) is 8.02. The molecule has 0 N–H and O–H groups in total. The number of hydrogen-bond acceptors (Lipinski definition) is 9. The molecular weight excluding hydrogens is 489 g/mol. The van der Waals surface area contributed by atoms with Crippen LogP contribution in [-0.4, -0.2) is 56.6 Å². The van der Waals surface area contributed by atoms with Crippen LogP contribution < -0.4 is 9.47 Å². The third-order valence-electron chi connectivity index (χ3n) is 4.73. The molecule has 1 aliphatic rings. The van der Waals surface area contributed by atoms with Crippen LogP contribution in [0.1, 0.15) is 40.2 Å². The highest BCUT2D eigenvalue weighted by Gasteiger charge is 2.36. The Bertz CT molecular complexity index is 1300. The quantitative estimate of drug-likeness (QED) is 0.290. The minimum atomic E-state index is -3.96. The number of amidine groups is 1. The number of aliphatic imine (C=N–C) groups is 1. The van der Waals surface area contributed by atoms with E-state index in [1.807, 2.05) is 13.8 Å². The van der Waals surface area contributed by atoms with Crippen LogP contribution in [0.25, 0.3) is 0 Å². The van der Waals surface area contributed by atoms with Crippen LogP contribution in [0.4, 0.5) is 10.1 Å². The zero-order valence-corrected chi connectivity index (χ0v) is 21.9. The highest BCUT2D eigenvalue weighted by atomic mass is 32.2. The number of nitrogens with zero attached hydrogens (tertiary/aromatic N) is 3. The highest BCUT2D eigenvalue weighted by molar-refractivity contribution is 8.06. The molecule has 1 heterocycles. The van der Waals surface area contributed by atoms with E-state index in [0.717, 1.165) is 0 Å². The van der Waals surface area contributed by atoms with E-state index in [0.29, 0.717) is 5.56 Å². The highest BCUT2D eigenvalue weighted by Crippen LogP contribution is 2.37. The summed E-state index contributed by atoms with van der Waals surface area (Å²) in [6.45, 7) is 9.02. The molecule has 2 aromatic carbocycles. The molecule has 0 saturated carbocycles. The van der Waals surface area contributed by atoms with E-state index in [1.54, 1.807) is 20.8 Å². The minimum absolute atomic E-state index is 0.00882. The summed E-state index contributed by atoms with van der Waals surface area (Å²) in [4.78, 5) is 16.3. The summed E-state index contributed by atoms with van der Waals surface area (Å²) in [5, 5.41) is 5.41. The lowest BCUT2D eigenvalue weighted by Crippen LogP contribution is -2.33. The van der Waals surface area contributed by atoms with E-state index >= 15 is 0 Å². The predicted molar refractivity (Wildman–Crippen MR) is 134 cm³/mol.